The van der Waals surface area contributed by atoms with Crippen molar-refractivity contribution >= 4 is 29.9 Å². The summed E-state index contributed by atoms with van der Waals surface area (Å²) in [5.74, 6) is 2.81. The number of guanidine groups is 1. The van der Waals surface area contributed by atoms with Crippen LogP contribution < -0.4 is 15.4 Å². The molecule has 0 spiro atoms. The second-order valence-electron chi connectivity index (χ2n) is 6.45. The van der Waals surface area contributed by atoms with Gasteiger partial charge in [0.2, 0.25) is 0 Å². The van der Waals surface area contributed by atoms with E-state index in [1.165, 1.54) is 0 Å². The lowest BCUT2D eigenvalue weighted by Crippen LogP contribution is -2.42. The van der Waals surface area contributed by atoms with E-state index in [-0.39, 0.29) is 30.1 Å². The predicted octanol–water partition coefficient (Wildman–Crippen LogP) is 3.53. The standard InChI is InChI=1S/C20H31N5O.HI/c1-16-9-5-6-10-19(16)26-17(2)15-24-20(21-4)23-11-7-8-13-25-14-12-22-18(25)3;/h5-6,9-10,12,14,17H,7-8,11,13,15H2,1-4H3,(H2,21,23,24);1H. The van der Waals surface area contributed by atoms with Crippen LogP contribution in [0.25, 0.3) is 0 Å². The van der Waals surface area contributed by atoms with Crippen molar-refractivity contribution in [3.63, 3.8) is 0 Å². The number of benzene rings is 1. The van der Waals surface area contributed by atoms with Gasteiger partial charge < -0.3 is 19.9 Å². The van der Waals surface area contributed by atoms with E-state index in [1.807, 2.05) is 37.5 Å². The Morgan fingerprint density at radius 3 is 2.67 bits per heavy atom. The third kappa shape index (κ3) is 8.19. The second-order valence-corrected chi connectivity index (χ2v) is 6.45. The fourth-order valence-corrected chi connectivity index (χ4v) is 2.66. The van der Waals surface area contributed by atoms with Gasteiger partial charge in [0.25, 0.3) is 0 Å². The molecule has 1 unspecified atom stereocenters. The van der Waals surface area contributed by atoms with Crippen molar-refractivity contribution in [3.8, 4) is 5.75 Å². The summed E-state index contributed by atoms with van der Waals surface area (Å²) in [6, 6.07) is 8.07. The third-order valence-corrected chi connectivity index (χ3v) is 4.24. The highest BCUT2D eigenvalue weighted by atomic mass is 127. The molecular formula is C20H32IN5O. The quantitative estimate of drug-likeness (QED) is 0.247. The molecule has 0 aliphatic heterocycles. The van der Waals surface area contributed by atoms with Crippen LogP contribution in [0.3, 0.4) is 0 Å². The molecule has 0 fully saturated rings. The SMILES string of the molecule is CN=C(NCCCCn1ccnc1C)NCC(C)Oc1ccccc1C.I. The predicted molar refractivity (Wildman–Crippen MR) is 122 cm³/mol. The number of nitrogens with zero attached hydrogens (tertiary/aromatic N) is 3. The lowest BCUT2D eigenvalue weighted by atomic mass is 10.2. The molecule has 6 nitrogen and oxygen atoms in total. The zero-order valence-electron chi connectivity index (χ0n) is 16.7. The summed E-state index contributed by atoms with van der Waals surface area (Å²) in [4.78, 5) is 8.51. The van der Waals surface area contributed by atoms with E-state index >= 15 is 0 Å². The van der Waals surface area contributed by atoms with Crippen molar-refractivity contribution in [2.45, 2.75) is 46.3 Å². The van der Waals surface area contributed by atoms with Crippen LogP contribution in [0.5, 0.6) is 5.75 Å². The molecule has 2 rings (SSSR count). The number of imidazole rings is 1. The topological polar surface area (TPSA) is 63.5 Å². The highest BCUT2D eigenvalue weighted by molar-refractivity contribution is 14.0. The highest BCUT2D eigenvalue weighted by Gasteiger charge is 2.07. The molecule has 0 aliphatic carbocycles. The van der Waals surface area contributed by atoms with Crippen LogP contribution in [-0.4, -0.2) is 41.8 Å². The van der Waals surface area contributed by atoms with Crippen LogP contribution in [0.2, 0.25) is 0 Å². The van der Waals surface area contributed by atoms with E-state index in [0.29, 0.717) is 6.54 Å². The fourth-order valence-electron chi connectivity index (χ4n) is 2.66. The molecule has 27 heavy (non-hydrogen) atoms. The molecule has 0 amide bonds. The molecular weight excluding hydrogens is 453 g/mol. The number of aryl methyl sites for hydroxylation is 3. The number of unbranched alkanes of at least 4 members (excludes halogenated alkanes) is 1. The van der Waals surface area contributed by atoms with Crippen molar-refractivity contribution < 1.29 is 4.74 Å². The van der Waals surface area contributed by atoms with E-state index in [4.69, 9.17) is 4.74 Å². The number of hydrogen-bond donors (Lipinski definition) is 2. The lowest BCUT2D eigenvalue weighted by Gasteiger charge is -2.18. The minimum Gasteiger partial charge on any atom is -0.489 e. The minimum atomic E-state index is 0. The number of nitrogens with one attached hydrogen (secondary N) is 2. The molecule has 1 aromatic carbocycles. The molecule has 7 heteroatoms. The molecule has 0 saturated carbocycles. The molecule has 0 saturated heterocycles. The van der Waals surface area contributed by atoms with Gasteiger partial charge in [-0.2, -0.15) is 0 Å². The van der Waals surface area contributed by atoms with Gasteiger partial charge in [0.05, 0.1) is 6.54 Å². The number of rotatable bonds is 9. The van der Waals surface area contributed by atoms with Crippen LogP contribution in [0.15, 0.2) is 41.7 Å². The summed E-state index contributed by atoms with van der Waals surface area (Å²) in [5, 5.41) is 6.67. The second kappa shape index (κ2) is 12.6. The largest absolute Gasteiger partial charge is 0.489 e. The first-order valence-corrected chi connectivity index (χ1v) is 9.24. The first-order chi connectivity index (χ1) is 12.6. The van der Waals surface area contributed by atoms with Gasteiger partial charge in [-0.15, -0.1) is 24.0 Å². The van der Waals surface area contributed by atoms with Gasteiger partial charge in [0, 0.05) is 32.5 Å². The zero-order chi connectivity index (χ0) is 18.8. The summed E-state index contributed by atoms with van der Waals surface area (Å²) in [6.07, 6.45) is 6.11. The Labute approximate surface area is 179 Å². The molecule has 1 heterocycles. The van der Waals surface area contributed by atoms with Crippen LogP contribution in [-0.2, 0) is 6.54 Å². The van der Waals surface area contributed by atoms with Gasteiger partial charge >= 0.3 is 0 Å². The van der Waals surface area contributed by atoms with Crippen molar-refractivity contribution in [1.29, 1.82) is 0 Å². The van der Waals surface area contributed by atoms with Gasteiger partial charge in [-0.1, -0.05) is 18.2 Å². The molecule has 0 radical (unpaired) electrons. The van der Waals surface area contributed by atoms with Crippen molar-refractivity contribution in [2.24, 2.45) is 4.99 Å². The summed E-state index contributed by atoms with van der Waals surface area (Å²) in [7, 11) is 1.79. The van der Waals surface area contributed by atoms with Crippen LogP contribution >= 0.6 is 24.0 Å². The Hall–Kier alpha value is -1.77. The highest BCUT2D eigenvalue weighted by Crippen LogP contribution is 2.17. The molecule has 0 aliphatic rings. The monoisotopic (exact) mass is 485 g/mol. The fraction of sp³-hybridized carbons (Fsp3) is 0.500. The Bertz CT molecular complexity index is 701. The molecule has 2 aromatic rings. The Morgan fingerprint density at radius 2 is 2.00 bits per heavy atom. The number of para-hydroxylation sites is 1. The van der Waals surface area contributed by atoms with E-state index < -0.39 is 0 Å². The Kier molecular flexibility index (Phi) is 10.8. The zero-order valence-corrected chi connectivity index (χ0v) is 19.1. The number of aliphatic imine (C=N–C) groups is 1. The van der Waals surface area contributed by atoms with Crippen molar-refractivity contribution in [1.82, 2.24) is 20.2 Å². The van der Waals surface area contributed by atoms with Crippen molar-refractivity contribution in [3.05, 3.63) is 48.0 Å². The summed E-state index contributed by atoms with van der Waals surface area (Å²) >= 11 is 0. The average Bonchev–Trinajstić information content (AvgIpc) is 3.04. The maximum absolute atomic E-state index is 5.98. The average molecular weight is 485 g/mol. The third-order valence-electron chi connectivity index (χ3n) is 4.24. The maximum Gasteiger partial charge on any atom is 0.191 e. The van der Waals surface area contributed by atoms with E-state index in [9.17, 15) is 0 Å². The molecule has 1 aromatic heterocycles. The number of hydrogen-bond acceptors (Lipinski definition) is 3. The smallest absolute Gasteiger partial charge is 0.191 e. The van der Waals surface area contributed by atoms with Crippen LogP contribution in [0.1, 0.15) is 31.2 Å². The van der Waals surface area contributed by atoms with Gasteiger partial charge in [-0.3, -0.25) is 4.99 Å². The summed E-state index contributed by atoms with van der Waals surface area (Å²) < 4.78 is 8.16. The Balaban J connectivity index is 0.00000364. The minimum absolute atomic E-state index is 0. The summed E-state index contributed by atoms with van der Waals surface area (Å²) in [5.41, 5.74) is 1.15. The van der Waals surface area contributed by atoms with E-state index in [1.54, 1.807) is 7.05 Å². The summed E-state index contributed by atoms with van der Waals surface area (Å²) in [6.45, 7) is 8.73. The van der Waals surface area contributed by atoms with Gasteiger partial charge in [0.15, 0.2) is 5.96 Å². The molecule has 1 atom stereocenters. The first-order valence-electron chi connectivity index (χ1n) is 9.24. The maximum atomic E-state index is 5.98. The molecule has 2 N–H and O–H groups in total. The van der Waals surface area contributed by atoms with E-state index in [2.05, 4.69) is 45.1 Å². The number of aromatic nitrogens is 2. The molecule has 150 valence electrons. The van der Waals surface area contributed by atoms with Crippen LogP contribution in [0.4, 0.5) is 0 Å². The Morgan fingerprint density at radius 1 is 1.22 bits per heavy atom. The lowest BCUT2D eigenvalue weighted by molar-refractivity contribution is 0.222. The van der Waals surface area contributed by atoms with Crippen molar-refractivity contribution in [2.75, 3.05) is 20.1 Å². The van der Waals surface area contributed by atoms with Gasteiger partial charge in [-0.05, 0) is 45.2 Å². The number of halogens is 1. The van der Waals surface area contributed by atoms with Gasteiger partial charge in [0.1, 0.15) is 17.7 Å². The normalized spacial score (nSPS) is 12.2. The van der Waals surface area contributed by atoms with Gasteiger partial charge in [-0.25, -0.2) is 4.98 Å². The molecule has 0 bridgehead atoms. The van der Waals surface area contributed by atoms with E-state index in [0.717, 1.165) is 49.0 Å². The first kappa shape index (κ1) is 23.3. The van der Waals surface area contributed by atoms with Crippen LogP contribution in [0, 0.1) is 13.8 Å². The number of ether oxygens (including phenoxy) is 1.